The van der Waals surface area contributed by atoms with Crippen LogP contribution in [0.15, 0.2) is 23.4 Å². The van der Waals surface area contributed by atoms with Crippen LogP contribution in [-0.4, -0.2) is 40.7 Å². The summed E-state index contributed by atoms with van der Waals surface area (Å²) in [6, 6.07) is 5.48. The average Bonchev–Trinajstić information content (AvgIpc) is 2.87. The van der Waals surface area contributed by atoms with E-state index in [2.05, 4.69) is 10.2 Å². The molecule has 2 rings (SSSR count). The number of carbonyl (C=O) groups excluding carboxylic acids is 1. The number of hydrogen-bond donors (Lipinski definition) is 0. The van der Waals surface area contributed by atoms with E-state index >= 15 is 0 Å². The number of aromatic nitrogens is 3. The zero-order chi connectivity index (χ0) is 16.1. The Morgan fingerprint density at radius 2 is 2.00 bits per heavy atom. The van der Waals surface area contributed by atoms with Gasteiger partial charge in [-0.05, 0) is 24.6 Å². The lowest BCUT2D eigenvalue weighted by molar-refractivity contribution is -0.305. The fourth-order valence-corrected chi connectivity index (χ4v) is 2.72. The second-order valence-corrected chi connectivity index (χ2v) is 5.47. The van der Waals surface area contributed by atoms with E-state index in [-0.39, 0.29) is 6.42 Å². The normalized spacial score (nSPS) is 10.5. The summed E-state index contributed by atoms with van der Waals surface area (Å²) in [6.07, 6.45) is -0.0246. The van der Waals surface area contributed by atoms with Crippen LogP contribution in [0.1, 0.15) is 6.42 Å². The number of rotatable bonds is 7. The molecule has 0 aliphatic rings. The third-order valence-corrected chi connectivity index (χ3v) is 4.04. The first-order valence-corrected chi connectivity index (χ1v) is 7.49. The predicted molar refractivity (Wildman–Crippen MR) is 79.9 cm³/mol. The Kier molecular flexibility index (Phi) is 5.26. The highest BCUT2D eigenvalue weighted by molar-refractivity contribution is 7.99. The molecule has 2 aromatic rings. The first-order valence-electron chi connectivity index (χ1n) is 6.51. The van der Waals surface area contributed by atoms with Crippen LogP contribution in [0, 0.1) is 0 Å². The summed E-state index contributed by atoms with van der Waals surface area (Å²) in [7, 11) is 4.97. The highest BCUT2D eigenvalue weighted by Crippen LogP contribution is 2.32. The van der Waals surface area contributed by atoms with E-state index in [1.54, 1.807) is 24.9 Å². The van der Waals surface area contributed by atoms with E-state index in [1.807, 2.05) is 19.2 Å². The topological polar surface area (TPSA) is 89.3 Å². The Morgan fingerprint density at radius 3 is 2.64 bits per heavy atom. The lowest BCUT2D eigenvalue weighted by Crippen LogP contribution is -2.22. The first kappa shape index (κ1) is 16.2. The molecule has 1 heterocycles. The Hall–Kier alpha value is -2.22. The molecular weight excluding hydrogens is 306 g/mol. The monoisotopic (exact) mass is 322 g/mol. The van der Waals surface area contributed by atoms with Crippen molar-refractivity contribution >= 4 is 17.7 Å². The Bertz CT molecular complexity index is 672. The van der Waals surface area contributed by atoms with Crippen LogP contribution in [-0.2, 0) is 11.8 Å². The van der Waals surface area contributed by atoms with Gasteiger partial charge < -0.3 is 23.9 Å². The maximum Gasteiger partial charge on any atom is 0.191 e. The van der Waals surface area contributed by atoms with Gasteiger partial charge in [0.2, 0.25) is 0 Å². The fraction of sp³-hybridized carbons (Fsp3) is 0.357. The number of hydrogen-bond acceptors (Lipinski definition) is 7. The second kappa shape index (κ2) is 7.17. The van der Waals surface area contributed by atoms with Crippen LogP contribution in [0.3, 0.4) is 0 Å². The Balaban J connectivity index is 2.23. The minimum atomic E-state index is -1.07. The molecule has 22 heavy (non-hydrogen) atoms. The van der Waals surface area contributed by atoms with Gasteiger partial charge in [0, 0.05) is 24.3 Å². The molecule has 0 aliphatic heterocycles. The standard InChI is InChI=1S/C14H17N3O4S/c1-17-13(15-16-14(17)22-7-6-12(18)19)9-4-5-10(20-2)11(8-9)21-3/h4-5,8H,6-7H2,1-3H3,(H,18,19)/p-1. The number of thioether (sulfide) groups is 1. The molecule has 118 valence electrons. The minimum Gasteiger partial charge on any atom is -0.550 e. The van der Waals surface area contributed by atoms with Crippen molar-refractivity contribution in [2.24, 2.45) is 7.05 Å². The van der Waals surface area contributed by atoms with Crippen molar-refractivity contribution in [2.75, 3.05) is 20.0 Å². The molecule has 7 nitrogen and oxygen atoms in total. The fourth-order valence-electron chi connectivity index (χ4n) is 1.89. The van der Waals surface area contributed by atoms with Crippen LogP contribution in [0.2, 0.25) is 0 Å². The van der Waals surface area contributed by atoms with Gasteiger partial charge in [-0.2, -0.15) is 0 Å². The van der Waals surface area contributed by atoms with Crippen LogP contribution in [0.5, 0.6) is 11.5 Å². The largest absolute Gasteiger partial charge is 0.550 e. The number of methoxy groups -OCH3 is 2. The number of benzene rings is 1. The molecule has 0 saturated heterocycles. The summed E-state index contributed by atoms with van der Waals surface area (Å²) in [6.45, 7) is 0. The minimum absolute atomic E-state index is 0.0246. The first-order chi connectivity index (χ1) is 10.6. The lowest BCUT2D eigenvalue weighted by Gasteiger charge is -2.09. The van der Waals surface area contributed by atoms with Crippen LogP contribution < -0.4 is 14.6 Å². The smallest absolute Gasteiger partial charge is 0.191 e. The van der Waals surface area contributed by atoms with E-state index in [9.17, 15) is 9.90 Å². The summed E-state index contributed by atoms with van der Waals surface area (Å²) in [5.74, 6) is 1.22. The van der Waals surface area contributed by atoms with Crippen LogP contribution >= 0.6 is 11.8 Å². The molecule has 0 aliphatic carbocycles. The molecule has 0 unspecified atom stereocenters. The third kappa shape index (κ3) is 3.51. The van der Waals surface area contributed by atoms with Gasteiger partial charge in [-0.15, -0.1) is 10.2 Å². The zero-order valence-electron chi connectivity index (χ0n) is 12.5. The second-order valence-electron chi connectivity index (χ2n) is 4.41. The van der Waals surface area contributed by atoms with Crippen molar-refractivity contribution in [1.82, 2.24) is 14.8 Å². The maximum absolute atomic E-state index is 10.4. The van der Waals surface area contributed by atoms with Gasteiger partial charge in [0.1, 0.15) is 0 Å². The third-order valence-electron chi connectivity index (χ3n) is 3.01. The molecule has 0 amide bonds. The molecule has 0 bridgehead atoms. The molecule has 0 fully saturated rings. The molecule has 8 heteroatoms. The van der Waals surface area contributed by atoms with E-state index < -0.39 is 5.97 Å². The quantitative estimate of drug-likeness (QED) is 0.694. The van der Waals surface area contributed by atoms with Gasteiger partial charge >= 0.3 is 0 Å². The molecule has 0 saturated carbocycles. The SMILES string of the molecule is COc1ccc(-c2nnc(SCCC(=O)[O-])n2C)cc1OC. The van der Waals surface area contributed by atoms with Gasteiger partial charge in [0.15, 0.2) is 22.5 Å². The number of ether oxygens (including phenoxy) is 2. The van der Waals surface area contributed by atoms with Gasteiger partial charge in [-0.3, -0.25) is 0 Å². The van der Waals surface area contributed by atoms with Gasteiger partial charge in [-0.25, -0.2) is 0 Å². The van der Waals surface area contributed by atoms with E-state index in [0.29, 0.717) is 28.2 Å². The maximum atomic E-state index is 10.4. The van der Waals surface area contributed by atoms with E-state index in [1.165, 1.54) is 11.8 Å². The van der Waals surface area contributed by atoms with Crippen molar-refractivity contribution in [2.45, 2.75) is 11.6 Å². The number of aliphatic carboxylic acids is 1. The molecule has 0 N–H and O–H groups in total. The van der Waals surface area contributed by atoms with Crippen molar-refractivity contribution in [3.05, 3.63) is 18.2 Å². The van der Waals surface area contributed by atoms with E-state index in [0.717, 1.165) is 5.56 Å². The molecule has 1 aromatic heterocycles. The molecular formula is C14H16N3O4S-. The highest BCUT2D eigenvalue weighted by atomic mass is 32.2. The van der Waals surface area contributed by atoms with Gasteiger partial charge in [-0.1, -0.05) is 11.8 Å². The van der Waals surface area contributed by atoms with Crippen molar-refractivity contribution in [1.29, 1.82) is 0 Å². The predicted octanol–water partition coefficient (Wildman–Crippen LogP) is 0.731. The summed E-state index contributed by atoms with van der Waals surface area (Å²) >= 11 is 1.32. The summed E-state index contributed by atoms with van der Waals surface area (Å²) < 4.78 is 12.3. The van der Waals surface area contributed by atoms with Crippen molar-refractivity contribution in [3.63, 3.8) is 0 Å². The number of nitrogens with zero attached hydrogens (tertiary/aromatic N) is 3. The number of carboxylic acid groups (broad SMARTS) is 1. The molecule has 0 atom stereocenters. The van der Waals surface area contributed by atoms with Crippen LogP contribution in [0.25, 0.3) is 11.4 Å². The number of carbonyl (C=O) groups is 1. The van der Waals surface area contributed by atoms with Crippen LogP contribution in [0.4, 0.5) is 0 Å². The van der Waals surface area contributed by atoms with Crippen molar-refractivity contribution < 1.29 is 19.4 Å². The summed E-state index contributed by atoms with van der Waals surface area (Å²) in [4.78, 5) is 10.4. The Morgan fingerprint density at radius 1 is 1.27 bits per heavy atom. The lowest BCUT2D eigenvalue weighted by atomic mass is 10.2. The molecule has 1 aromatic carbocycles. The number of carboxylic acids is 1. The van der Waals surface area contributed by atoms with Gasteiger partial charge in [0.05, 0.1) is 14.2 Å². The highest BCUT2D eigenvalue weighted by Gasteiger charge is 2.13. The summed E-state index contributed by atoms with van der Waals surface area (Å²) in [5.41, 5.74) is 0.833. The van der Waals surface area contributed by atoms with Gasteiger partial charge in [0.25, 0.3) is 0 Å². The molecule has 0 spiro atoms. The molecule has 0 radical (unpaired) electrons. The van der Waals surface area contributed by atoms with Crippen molar-refractivity contribution in [3.8, 4) is 22.9 Å². The Labute approximate surface area is 132 Å². The zero-order valence-corrected chi connectivity index (χ0v) is 13.3. The summed E-state index contributed by atoms with van der Waals surface area (Å²) in [5, 5.41) is 19.3. The average molecular weight is 322 g/mol. The van der Waals surface area contributed by atoms with E-state index in [4.69, 9.17) is 9.47 Å².